The summed E-state index contributed by atoms with van der Waals surface area (Å²) in [6, 6.07) is 6.35. The summed E-state index contributed by atoms with van der Waals surface area (Å²) in [5.74, 6) is -0.308. The van der Waals surface area contributed by atoms with Crippen LogP contribution in [0.25, 0.3) is 0 Å². The zero-order valence-corrected chi connectivity index (χ0v) is 11.0. The number of rotatable bonds is 4. The van der Waals surface area contributed by atoms with Crippen molar-refractivity contribution >= 4 is 17.5 Å². The molecular formula is C14H17ClFNO. The fourth-order valence-corrected chi connectivity index (χ4v) is 2.73. The summed E-state index contributed by atoms with van der Waals surface area (Å²) in [5, 5.41) is 0. The van der Waals surface area contributed by atoms with Crippen LogP contribution in [0.4, 0.5) is 4.39 Å². The van der Waals surface area contributed by atoms with Gasteiger partial charge >= 0.3 is 0 Å². The molecule has 0 unspecified atom stereocenters. The Labute approximate surface area is 112 Å². The van der Waals surface area contributed by atoms with Crippen molar-refractivity contribution in [2.75, 3.05) is 12.4 Å². The number of amides is 1. The number of halogens is 2. The maximum Gasteiger partial charge on any atom is 0.257 e. The quantitative estimate of drug-likeness (QED) is 0.767. The standard InChI is InChI=1S/C14H17ClFNO/c15-9-10-17(11-5-1-2-6-11)14(18)12-7-3-4-8-13(12)16/h3-4,7-8,11H,1-2,5-6,9-10H2. The third-order valence-corrected chi connectivity index (χ3v) is 3.63. The third-order valence-electron chi connectivity index (χ3n) is 3.46. The van der Waals surface area contributed by atoms with Gasteiger partial charge in [0.2, 0.25) is 0 Å². The van der Waals surface area contributed by atoms with Crippen LogP contribution in [0.3, 0.4) is 0 Å². The number of hydrogen-bond donors (Lipinski definition) is 0. The second kappa shape index (κ2) is 6.19. The lowest BCUT2D eigenvalue weighted by atomic mass is 10.1. The Hall–Kier alpha value is -1.09. The van der Waals surface area contributed by atoms with Crippen molar-refractivity contribution in [1.29, 1.82) is 0 Å². The lowest BCUT2D eigenvalue weighted by molar-refractivity contribution is 0.0690. The van der Waals surface area contributed by atoms with Gasteiger partial charge in [-0.1, -0.05) is 25.0 Å². The molecule has 1 aromatic carbocycles. The molecule has 4 heteroatoms. The van der Waals surface area contributed by atoms with Gasteiger partial charge in [-0.25, -0.2) is 4.39 Å². The molecule has 1 aliphatic carbocycles. The topological polar surface area (TPSA) is 20.3 Å². The second-order valence-electron chi connectivity index (χ2n) is 4.61. The van der Waals surface area contributed by atoms with Crippen LogP contribution in [0.1, 0.15) is 36.0 Å². The molecule has 0 bridgehead atoms. The lowest BCUT2D eigenvalue weighted by Gasteiger charge is -2.28. The van der Waals surface area contributed by atoms with Gasteiger partial charge in [-0.3, -0.25) is 4.79 Å². The molecule has 0 aliphatic heterocycles. The van der Waals surface area contributed by atoms with Gasteiger partial charge in [0.15, 0.2) is 0 Å². The summed E-state index contributed by atoms with van der Waals surface area (Å²) in [6.45, 7) is 0.486. The highest BCUT2D eigenvalue weighted by Gasteiger charge is 2.28. The van der Waals surface area contributed by atoms with Gasteiger partial charge in [0, 0.05) is 18.5 Å². The van der Waals surface area contributed by atoms with Crippen molar-refractivity contribution in [1.82, 2.24) is 4.90 Å². The summed E-state index contributed by atoms with van der Waals surface area (Å²) >= 11 is 5.76. The van der Waals surface area contributed by atoms with E-state index >= 15 is 0 Å². The maximum atomic E-state index is 13.6. The first-order chi connectivity index (χ1) is 8.74. The molecule has 1 amide bonds. The van der Waals surface area contributed by atoms with Gasteiger partial charge in [-0.15, -0.1) is 11.6 Å². The Kier molecular flexibility index (Phi) is 4.59. The molecule has 0 aromatic heterocycles. The van der Waals surface area contributed by atoms with E-state index in [-0.39, 0.29) is 17.5 Å². The average Bonchev–Trinajstić information content (AvgIpc) is 2.89. The van der Waals surface area contributed by atoms with E-state index in [9.17, 15) is 9.18 Å². The number of hydrogen-bond acceptors (Lipinski definition) is 1. The molecule has 0 atom stereocenters. The largest absolute Gasteiger partial charge is 0.334 e. The van der Waals surface area contributed by atoms with E-state index in [1.165, 1.54) is 12.1 Å². The molecule has 0 N–H and O–H groups in total. The molecule has 2 nitrogen and oxygen atoms in total. The lowest BCUT2D eigenvalue weighted by Crippen LogP contribution is -2.40. The minimum Gasteiger partial charge on any atom is -0.334 e. The minimum absolute atomic E-state index is 0.148. The Balaban J connectivity index is 2.20. The van der Waals surface area contributed by atoms with Crippen LogP contribution in [0.2, 0.25) is 0 Å². The smallest absolute Gasteiger partial charge is 0.257 e. The van der Waals surface area contributed by atoms with E-state index in [2.05, 4.69) is 0 Å². The molecule has 18 heavy (non-hydrogen) atoms. The summed E-state index contributed by atoms with van der Waals surface area (Å²) in [6.07, 6.45) is 4.26. The van der Waals surface area contributed by atoms with E-state index in [4.69, 9.17) is 11.6 Å². The Morgan fingerprint density at radius 3 is 2.61 bits per heavy atom. The molecule has 0 heterocycles. The molecule has 1 fully saturated rings. The first kappa shape index (κ1) is 13.3. The van der Waals surface area contributed by atoms with Gasteiger partial charge in [0.25, 0.3) is 5.91 Å². The molecule has 1 aromatic rings. The van der Waals surface area contributed by atoms with Gasteiger partial charge in [0.05, 0.1) is 5.56 Å². The van der Waals surface area contributed by atoms with Crippen LogP contribution in [-0.4, -0.2) is 29.3 Å². The number of alkyl halides is 1. The summed E-state index contributed by atoms with van der Waals surface area (Å²) < 4.78 is 13.6. The van der Waals surface area contributed by atoms with Crippen LogP contribution in [-0.2, 0) is 0 Å². The Morgan fingerprint density at radius 2 is 2.00 bits per heavy atom. The van der Waals surface area contributed by atoms with E-state index in [0.29, 0.717) is 12.4 Å². The Bertz CT molecular complexity index is 418. The SMILES string of the molecule is O=C(c1ccccc1F)N(CCCl)C1CCCC1. The number of nitrogens with zero attached hydrogens (tertiary/aromatic N) is 1. The van der Waals surface area contributed by atoms with Gasteiger partial charge in [0.1, 0.15) is 5.82 Å². The van der Waals surface area contributed by atoms with Crippen molar-refractivity contribution in [3.63, 3.8) is 0 Å². The zero-order chi connectivity index (χ0) is 13.0. The monoisotopic (exact) mass is 269 g/mol. The van der Waals surface area contributed by atoms with Crippen molar-refractivity contribution in [3.8, 4) is 0 Å². The van der Waals surface area contributed by atoms with Crippen molar-refractivity contribution in [2.24, 2.45) is 0 Å². The first-order valence-electron chi connectivity index (χ1n) is 6.35. The normalized spacial score (nSPS) is 15.9. The van der Waals surface area contributed by atoms with Crippen LogP contribution in [0, 0.1) is 5.82 Å². The van der Waals surface area contributed by atoms with Gasteiger partial charge < -0.3 is 4.90 Å². The van der Waals surface area contributed by atoms with E-state index in [1.54, 1.807) is 17.0 Å². The van der Waals surface area contributed by atoms with E-state index in [1.807, 2.05) is 0 Å². The minimum atomic E-state index is -0.458. The summed E-state index contributed by atoms with van der Waals surface area (Å²) in [5.41, 5.74) is 0.148. The predicted molar refractivity (Wildman–Crippen MR) is 70.4 cm³/mol. The van der Waals surface area contributed by atoms with Gasteiger partial charge in [-0.2, -0.15) is 0 Å². The first-order valence-corrected chi connectivity index (χ1v) is 6.89. The molecule has 0 radical (unpaired) electrons. The molecule has 0 spiro atoms. The summed E-state index contributed by atoms with van der Waals surface area (Å²) in [4.78, 5) is 14.1. The highest BCUT2D eigenvalue weighted by Crippen LogP contribution is 2.25. The predicted octanol–water partition coefficient (Wildman–Crippen LogP) is 3.45. The van der Waals surface area contributed by atoms with Gasteiger partial charge in [-0.05, 0) is 25.0 Å². The van der Waals surface area contributed by atoms with E-state index in [0.717, 1.165) is 25.7 Å². The number of carbonyl (C=O) groups is 1. The van der Waals surface area contributed by atoms with Crippen molar-refractivity contribution in [3.05, 3.63) is 35.6 Å². The van der Waals surface area contributed by atoms with Crippen LogP contribution in [0.5, 0.6) is 0 Å². The maximum absolute atomic E-state index is 13.6. The van der Waals surface area contributed by atoms with Crippen LogP contribution >= 0.6 is 11.6 Å². The third kappa shape index (κ3) is 2.83. The Morgan fingerprint density at radius 1 is 1.33 bits per heavy atom. The van der Waals surface area contributed by atoms with E-state index < -0.39 is 5.82 Å². The van der Waals surface area contributed by atoms with Crippen LogP contribution in [0.15, 0.2) is 24.3 Å². The highest BCUT2D eigenvalue weighted by molar-refractivity contribution is 6.18. The number of carbonyl (C=O) groups excluding carboxylic acids is 1. The van der Waals surface area contributed by atoms with Crippen LogP contribution < -0.4 is 0 Å². The fourth-order valence-electron chi connectivity index (χ4n) is 2.55. The van der Waals surface area contributed by atoms with Crippen molar-refractivity contribution in [2.45, 2.75) is 31.7 Å². The number of benzene rings is 1. The molecule has 1 aliphatic rings. The highest BCUT2D eigenvalue weighted by atomic mass is 35.5. The van der Waals surface area contributed by atoms with Crippen molar-refractivity contribution < 1.29 is 9.18 Å². The molecule has 98 valence electrons. The summed E-state index contributed by atoms with van der Waals surface area (Å²) in [7, 11) is 0. The zero-order valence-electron chi connectivity index (χ0n) is 10.2. The molecular weight excluding hydrogens is 253 g/mol. The average molecular weight is 270 g/mol. The second-order valence-corrected chi connectivity index (χ2v) is 4.98. The molecule has 1 saturated carbocycles. The molecule has 0 saturated heterocycles. The molecule has 2 rings (SSSR count). The fraction of sp³-hybridized carbons (Fsp3) is 0.500.